The minimum atomic E-state index is -0.0490. The summed E-state index contributed by atoms with van der Waals surface area (Å²) in [4.78, 5) is 11.2. The van der Waals surface area contributed by atoms with Crippen LogP contribution in [0.3, 0.4) is 0 Å². The maximum Gasteiger partial charge on any atom is 0.227 e. The van der Waals surface area contributed by atoms with Crippen LogP contribution in [-0.4, -0.2) is 9.97 Å². The summed E-state index contributed by atoms with van der Waals surface area (Å²) < 4.78 is 7.33. The summed E-state index contributed by atoms with van der Waals surface area (Å²) in [6.07, 6.45) is 4.81. The monoisotopic (exact) mass is 518 g/mol. The minimum absolute atomic E-state index is 0.0490. The van der Waals surface area contributed by atoms with E-state index >= 15 is 0 Å². The largest absolute Gasteiger partial charge is 0.446 e. The molecule has 4 heterocycles. The molecule has 6 aromatic rings. The van der Waals surface area contributed by atoms with Crippen LogP contribution in [0.5, 0.6) is 0 Å². The van der Waals surface area contributed by atoms with Gasteiger partial charge in [0.1, 0.15) is 0 Å². The quantitative estimate of drug-likeness (QED) is 0.233. The number of aromatic nitrogens is 2. The number of aryl methyl sites for hydroxylation is 2. The molecule has 0 spiro atoms. The second-order valence-corrected chi connectivity index (χ2v) is 13.2. The van der Waals surface area contributed by atoms with Gasteiger partial charge in [-0.2, -0.15) is 0 Å². The Morgan fingerprint density at radius 1 is 0.974 bits per heavy atom. The number of rotatable bonds is 4. The molecular weight excluding hydrogens is 484 g/mol. The number of hydrogen-bond acceptors (Lipinski definition) is 4. The van der Waals surface area contributed by atoms with E-state index < -0.39 is 0 Å². The molecule has 2 aromatic carbocycles. The lowest BCUT2D eigenvalue weighted by molar-refractivity contribution is 0.594. The highest BCUT2D eigenvalue weighted by atomic mass is 32.1. The first-order valence-corrected chi connectivity index (χ1v) is 14.2. The highest BCUT2D eigenvalue weighted by Crippen LogP contribution is 2.40. The van der Waals surface area contributed by atoms with E-state index in [0.29, 0.717) is 11.6 Å². The molecule has 0 aliphatic carbocycles. The van der Waals surface area contributed by atoms with Gasteiger partial charge in [-0.05, 0) is 95.1 Å². The Hall–Kier alpha value is -3.50. The summed E-state index contributed by atoms with van der Waals surface area (Å²) in [6.45, 7) is 15.7. The summed E-state index contributed by atoms with van der Waals surface area (Å²) in [7, 11) is 0. The molecule has 0 saturated heterocycles. The Balaban J connectivity index is 1.58. The van der Waals surface area contributed by atoms with Crippen LogP contribution in [-0.2, 0) is 11.8 Å². The lowest BCUT2D eigenvalue weighted by Gasteiger charge is -2.22. The van der Waals surface area contributed by atoms with E-state index in [1.165, 1.54) is 37.2 Å². The molecule has 0 amide bonds. The molecule has 192 valence electrons. The van der Waals surface area contributed by atoms with Crippen LogP contribution in [0.25, 0.3) is 54.5 Å². The van der Waals surface area contributed by atoms with Crippen LogP contribution in [0.2, 0.25) is 0 Å². The van der Waals surface area contributed by atoms with Crippen molar-refractivity contribution in [1.29, 1.82) is 0 Å². The molecule has 0 bridgehead atoms. The van der Waals surface area contributed by atoms with Gasteiger partial charge in [-0.3, -0.25) is 4.98 Å². The number of nitrogens with zero attached hydrogens (tertiary/aromatic N) is 2. The van der Waals surface area contributed by atoms with Crippen molar-refractivity contribution in [3.8, 4) is 22.4 Å². The number of thiophene rings is 1. The van der Waals surface area contributed by atoms with Gasteiger partial charge in [-0.25, -0.2) is 4.98 Å². The fourth-order valence-corrected chi connectivity index (χ4v) is 6.71. The predicted molar refractivity (Wildman–Crippen MR) is 162 cm³/mol. The Morgan fingerprint density at radius 3 is 2.55 bits per heavy atom. The zero-order chi connectivity index (χ0) is 26.8. The van der Waals surface area contributed by atoms with Gasteiger partial charge in [0.2, 0.25) is 5.71 Å². The summed E-state index contributed by atoms with van der Waals surface area (Å²) in [5.74, 6) is 0.636. The molecule has 0 saturated carbocycles. The maximum absolute atomic E-state index is 5.99. The molecule has 3 nitrogen and oxygen atoms in total. The van der Waals surface area contributed by atoms with Crippen LogP contribution in [0.4, 0.5) is 0 Å². The lowest BCUT2D eigenvalue weighted by Crippen LogP contribution is -2.12. The van der Waals surface area contributed by atoms with Crippen molar-refractivity contribution in [2.24, 2.45) is 5.92 Å². The van der Waals surface area contributed by atoms with Crippen LogP contribution in [0.1, 0.15) is 56.2 Å². The van der Waals surface area contributed by atoms with E-state index in [-0.39, 0.29) is 5.41 Å². The first-order chi connectivity index (χ1) is 18.1. The third-order valence-corrected chi connectivity index (χ3v) is 8.56. The molecule has 0 atom stereocenters. The lowest BCUT2D eigenvalue weighted by atomic mass is 9.83. The zero-order valence-corrected chi connectivity index (χ0v) is 24.1. The van der Waals surface area contributed by atoms with Gasteiger partial charge in [0.05, 0.1) is 22.9 Å². The summed E-state index contributed by atoms with van der Waals surface area (Å²) in [5.41, 5.74) is 9.87. The maximum atomic E-state index is 5.99. The molecule has 0 N–H and O–H groups in total. The molecule has 0 aliphatic rings. The van der Waals surface area contributed by atoms with Crippen molar-refractivity contribution >= 4 is 43.4 Å². The van der Waals surface area contributed by atoms with E-state index in [1.54, 1.807) is 0 Å². The number of furan rings is 1. The second-order valence-electron chi connectivity index (χ2n) is 11.9. The predicted octanol–water partition coefficient (Wildman–Crippen LogP) is 10.0. The van der Waals surface area contributed by atoms with Crippen LogP contribution >= 0.6 is 11.3 Å². The van der Waals surface area contributed by atoms with Crippen molar-refractivity contribution in [2.45, 2.75) is 60.3 Å². The fourth-order valence-electron chi connectivity index (χ4n) is 5.58. The van der Waals surface area contributed by atoms with Crippen molar-refractivity contribution in [1.82, 2.24) is 9.97 Å². The van der Waals surface area contributed by atoms with Gasteiger partial charge in [0.25, 0.3) is 0 Å². The second kappa shape index (κ2) is 9.06. The molecule has 0 aliphatic heterocycles. The van der Waals surface area contributed by atoms with Crippen LogP contribution < -0.4 is 0 Å². The van der Waals surface area contributed by atoms with E-state index in [4.69, 9.17) is 14.4 Å². The molecule has 6 rings (SSSR count). The van der Waals surface area contributed by atoms with Crippen LogP contribution in [0.15, 0.2) is 65.4 Å². The standard InChI is InChI=1S/C34H34N2OS/c1-19(2)13-26-21(4)38-30-16-22(10-11-25(26)30)27-17-29(36-33-31(27)20(3)18-37-33)24-14-23-9-8-12-35-32(23)28(15-24)34(5,6)7/h8-12,14-19H,13H2,1-7H3. The summed E-state index contributed by atoms with van der Waals surface area (Å²) in [6, 6.07) is 17.8. The molecule has 4 heteroatoms. The van der Waals surface area contributed by atoms with Gasteiger partial charge in [-0.15, -0.1) is 11.3 Å². The van der Waals surface area contributed by atoms with Crippen molar-refractivity contribution in [3.63, 3.8) is 0 Å². The highest BCUT2D eigenvalue weighted by molar-refractivity contribution is 7.19. The summed E-state index contributed by atoms with van der Waals surface area (Å²) >= 11 is 1.90. The van der Waals surface area contributed by atoms with Gasteiger partial charge in [0, 0.05) is 26.7 Å². The van der Waals surface area contributed by atoms with Gasteiger partial charge in [0.15, 0.2) is 0 Å². The van der Waals surface area contributed by atoms with E-state index in [0.717, 1.165) is 39.5 Å². The van der Waals surface area contributed by atoms with Crippen molar-refractivity contribution in [2.75, 3.05) is 0 Å². The van der Waals surface area contributed by atoms with E-state index in [1.807, 2.05) is 29.9 Å². The topological polar surface area (TPSA) is 38.9 Å². The Morgan fingerprint density at radius 2 is 1.79 bits per heavy atom. The zero-order valence-electron chi connectivity index (χ0n) is 23.3. The highest BCUT2D eigenvalue weighted by Gasteiger charge is 2.21. The number of benzene rings is 2. The minimum Gasteiger partial charge on any atom is -0.446 e. The summed E-state index contributed by atoms with van der Waals surface area (Å²) in [5, 5.41) is 3.60. The normalized spacial score (nSPS) is 12.4. The number of pyridine rings is 2. The molecule has 38 heavy (non-hydrogen) atoms. The Labute approximate surface area is 228 Å². The Bertz CT molecular complexity index is 1830. The average molecular weight is 519 g/mol. The van der Waals surface area contributed by atoms with Crippen molar-refractivity contribution < 1.29 is 4.42 Å². The molecule has 0 fully saturated rings. The first-order valence-electron chi connectivity index (χ1n) is 13.4. The third-order valence-electron chi connectivity index (χ3n) is 7.45. The van der Waals surface area contributed by atoms with Crippen LogP contribution in [0, 0.1) is 19.8 Å². The average Bonchev–Trinajstić information content (AvgIpc) is 3.40. The third kappa shape index (κ3) is 4.21. The van der Waals surface area contributed by atoms with Gasteiger partial charge in [-0.1, -0.05) is 52.8 Å². The number of hydrogen-bond donors (Lipinski definition) is 0. The van der Waals surface area contributed by atoms with E-state index in [2.05, 4.69) is 90.9 Å². The van der Waals surface area contributed by atoms with Crippen molar-refractivity contribution in [3.05, 3.63) is 82.6 Å². The smallest absolute Gasteiger partial charge is 0.227 e. The number of fused-ring (bicyclic) bond motifs is 3. The van der Waals surface area contributed by atoms with E-state index in [9.17, 15) is 0 Å². The molecule has 0 unspecified atom stereocenters. The molecule has 0 radical (unpaired) electrons. The molecular formula is C34H34N2OS. The van der Waals surface area contributed by atoms with Gasteiger partial charge >= 0.3 is 0 Å². The molecule has 4 aromatic heterocycles. The first kappa shape index (κ1) is 24.8. The van der Waals surface area contributed by atoms with Gasteiger partial charge < -0.3 is 4.42 Å². The Kier molecular flexibility index (Phi) is 5.92. The fraction of sp³-hybridized carbons (Fsp3) is 0.294. The SMILES string of the molecule is Cc1sc2cc(-c3cc(-c4cc(C(C)(C)C)c5ncccc5c4)nc4occ(C)c34)ccc2c1CC(C)C.